The third kappa shape index (κ3) is 2.95. The summed E-state index contributed by atoms with van der Waals surface area (Å²) < 4.78 is 0. The highest BCUT2D eigenvalue weighted by Crippen LogP contribution is 2.23. The summed E-state index contributed by atoms with van der Waals surface area (Å²) in [5.74, 6) is 1.41. The van der Waals surface area contributed by atoms with Gasteiger partial charge in [0.2, 0.25) is 0 Å². The molecule has 1 N–H and O–H groups in total. The lowest BCUT2D eigenvalue weighted by molar-refractivity contribution is -0.384. The second kappa shape index (κ2) is 5.77. The Morgan fingerprint density at radius 1 is 1.56 bits per heavy atom. The Morgan fingerprint density at radius 3 is 2.89 bits per heavy atom. The molecule has 1 aliphatic rings. The van der Waals surface area contributed by atoms with Gasteiger partial charge in [0.05, 0.1) is 11.0 Å². The fourth-order valence-electron chi connectivity index (χ4n) is 2.35. The van der Waals surface area contributed by atoms with Crippen LogP contribution in [0.4, 0.5) is 11.5 Å². The highest BCUT2D eigenvalue weighted by molar-refractivity contribution is 5.46. The first-order valence-electron chi connectivity index (χ1n) is 6.20. The van der Waals surface area contributed by atoms with E-state index in [9.17, 15) is 10.1 Å². The van der Waals surface area contributed by atoms with E-state index in [0.29, 0.717) is 11.7 Å². The summed E-state index contributed by atoms with van der Waals surface area (Å²) in [6, 6.07) is 2.98. The van der Waals surface area contributed by atoms with E-state index < -0.39 is 0 Å². The van der Waals surface area contributed by atoms with E-state index in [-0.39, 0.29) is 10.6 Å². The van der Waals surface area contributed by atoms with E-state index in [0.717, 1.165) is 32.5 Å². The quantitative estimate of drug-likeness (QED) is 0.646. The number of piperidine rings is 1. The maximum atomic E-state index is 10.7. The van der Waals surface area contributed by atoms with Gasteiger partial charge in [0, 0.05) is 25.4 Å². The lowest BCUT2D eigenvalue weighted by atomic mass is 9.97. The van der Waals surface area contributed by atoms with Gasteiger partial charge in [0.25, 0.3) is 5.69 Å². The van der Waals surface area contributed by atoms with E-state index in [4.69, 9.17) is 0 Å². The average Bonchev–Trinajstić information content (AvgIpc) is 2.40. The lowest BCUT2D eigenvalue weighted by Gasteiger charge is -2.32. The molecule has 0 radical (unpaired) electrons. The van der Waals surface area contributed by atoms with Crippen LogP contribution in [0.5, 0.6) is 0 Å². The molecule has 6 heteroatoms. The Balaban J connectivity index is 2.01. The van der Waals surface area contributed by atoms with E-state index in [1.807, 2.05) is 7.05 Å². The van der Waals surface area contributed by atoms with Gasteiger partial charge in [-0.3, -0.25) is 10.1 Å². The summed E-state index contributed by atoms with van der Waals surface area (Å²) in [5, 5.41) is 13.9. The van der Waals surface area contributed by atoms with Gasteiger partial charge in [-0.25, -0.2) is 4.98 Å². The van der Waals surface area contributed by atoms with Crippen molar-refractivity contribution < 1.29 is 4.92 Å². The van der Waals surface area contributed by atoms with Gasteiger partial charge in [0.15, 0.2) is 0 Å². The number of hydrogen-bond donors (Lipinski definition) is 1. The van der Waals surface area contributed by atoms with Gasteiger partial charge in [-0.05, 0) is 32.4 Å². The van der Waals surface area contributed by atoms with E-state index in [1.54, 1.807) is 6.07 Å². The van der Waals surface area contributed by atoms with Gasteiger partial charge >= 0.3 is 0 Å². The Bertz CT molecular complexity index is 416. The number of aromatic nitrogens is 1. The molecule has 1 aromatic heterocycles. The second-order valence-electron chi connectivity index (χ2n) is 4.62. The van der Waals surface area contributed by atoms with Crippen molar-refractivity contribution in [2.45, 2.75) is 12.8 Å². The van der Waals surface area contributed by atoms with E-state index in [2.05, 4.69) is 15.2 Å². The standard InChI is InChI=1S/C12H18N4O2/c1-13-9-10-3-6-15(7-4-10)12-8-11(16(17)18)2-5-14-12/h2,5,8,10,13H,3-4,6-7,9H2,1H3. The number of hydrogen-bond acceptors (Lipinski definition) is 5. The van der Waals surface area contributed by atoms with Crippen LogP contribution in [0.15, 0.2) is 18.3 Å². The van der Waals surface area contributed by atoms with Crippen LogP contribution < -0.4 is 10.2 Å². The fraction of sp³-hybridized carbons (Fsp3) is 0.583. The minimum absolute atomic E-state index is 0.109. The van der Waals surface area contributed by atoms with Crippen LogP contribution in [0.3, 0.4) is 0 Å². The monoisotopic (exact) mass is 250 g/mol. The first kappa shape index (κ1) is 12.8. The molecule has 0 aromatic carbocycles. The van der Waals surface area contributed by atoms with Crippen molar-refractivity contribution in [3.63, 3.8) is 0 Å². The van der Waals surface area contributed by atoms with Gasteiger partial charge in [0.1, 0.15) is 5.82 Å². The SMILES string of the molecule is CNCC1CCN(c2cc([N+](=O)[O-])ccn2)CC1. The molecule has 98 valence electrons. The van der Waals surface area contributed by atoms with Gasteiger partial charge in [-0.15, -0.1) is 0 Å². The third-order valence-corrected chi connectivity index (χ3v) is 3.37. The van der Waals surface area contributed by atoms with Gasteiger partial charge in [-0.2, -0.15) is 0 Å². The number of nitrogens with zero attached hydrogens (tertiary/aromatic N) is 3. The first-order chi connectivity index (χ1) is 8.70. The maximum Gasteiger partial charge on any atom is 0.274 e. The molecule has 1 saturated heterocycles. The molecular weight excluding hydrogens is 232 g/mol. The van der Waals surface area contributed by atoms with Gasteiger partial charge < -0.3 is 10.2 Å². The predicted molar refractivity (Wildman–Crippen MR) is 69.8 cm³/mol. The zero-order valence-corrected chi connectivity index (χ0v) is 10.5. The number of rotatable bonds is 4. The lowest BCUT2D eigenvalue weighted by Crippen LogP contribution is -2.37. The van der Waals surface area contributed by atoms with Crippen LogP contribution >= 0.6 is 0 Å². The van der Waals surface area contributed by atoms with Crippen LogP contribution in [0.25, 0.3) is 0 Å². The van der Waals surface area contributed by atoms with Crippen LogP contribution in [0, 0.1) is 16.0 Å². The molecule has 0 bridgehead atoms. The maximum absolute atomic E-state index is 10.7. The molecule has 0 unspecified atom stereocenters. The molecule has 1 aromatic rings. The zero-order valence-electron chi connectivity index (χ0n) is 10.5. The van der Waals surface area contributed by atoms with Crippen LogP contribution in [-0.4, -0.2) is 36.6 Å². The summed E-state index contributed by atoms with van der Waals surface area (Å²) in [6.07, 6.45) is 3.71. The van der Waals surface area contributed by atoms with E-state index >= 15 is 0 Å². The van der Waals surface area contributed by atoms with Crippen molar-refractivity contribution in [3.8, 4) is 0 Å². The summed E-state index contributed by atoms with van der Waals surface area (Å²) in [7, 11) is 1.97. The molecule has 2 rings (SSSR count). The summed E-state index contributed by atoms with van der Waals surface area (Å²) in [5.41, 5.74) is 0.109. The van der Waals surface area contributed by atoms with Crippen molar-refractivity contribution in [1.29, 1.82) is 0 Å². The highest BCUT2D eigenvalue weighted by atomic mass is 16.6. The number of nitrogens with one attached hydrogen (secondary N) is 1. The predicted octanol–water partition coefficient (Wildman–Crippen LogP) is 1.43. The smallest absolute Gasteiger partial charge is 0.274 e. The highest BCUT2D eigenvalue weighted by Gasteiger charge is 2.20. The van der Waals surface area contributed by atoms with Crippen molar-refractivity contribution in [2.75, 3.05) is 31.6 Å². The molecule has 0 amide bonds. The Labute approximate surface area is 106 Å². The summed E-state index contributed by atoms with van der Waals surface area (Å²) >= 11 is 0. The Kier molecular flexibility index (Phi) is 4.09. The zero-order chi connectivity index (χ0) is 13.0. The minimum Gasteiger partial charge on any atom is -0.356 e. The molecule has 18 heavy (non-hydrogen) atoms. The van der Waals surface area contributed by atoms with Crippen molar-refractivity contribution >= 4 is 11.5 Å². The Hall–Kier alpha value is -1.69. The molecule has 1 fully saturated rings. The molecule has 0 saturated carbocycles. The van der Waals surface area contributed by atoms with Crippen LogP contribution in [-0.2, 0) is 0 Å². The van der Waals surface area contributed by atoms with Crippen molar-refractivity contribution in [2.24, 2.45) is 5.92 Å². The fourth-order valence-corrected chi connectivity index (χ4v) is 2.35. The third-order valence-electron chi connectivity index (χ3n) is 3.37. The average molecular weight is 250 g/mol. The summed E-state index contributed by atoms with van der Waals surface area (Å²) in [6.45, 7) is 2.87. The van der Waals surface area contributed by atoms with Gasteiger partial charge in [-0.1, -0.05) is 0 Å². The van der Waals surface area contributed by atoms with Crippen molar-refractivity contribution in [3.05, 3.63) is 28.4 Å². The normalized spacial score (nSPS) is 16.8. The molecule has 6 nitrogen and oxygen atoms in total. The topological polar surface area (TPSA) is 71.3 Å². The van der Waals surface area contributed by atoms with Crippen LogP contribution in [0.2, 0.25) is 0 Å². The first-order valence-corrected chi connectivity index (χ1v) is 6.20. The van der Waals surface area contributed by atoms with Crippen LogP contribution in [0.1, 0.15) is 12.8 Å². The van der Waals surface area contributed by atoms with E-state index in [1.165, 1.54) is 12.3 Å². The number of nitro groups is 1. The summed E-state index contributed by atoms with van der Waals surface area (Å²) in [4.78, 5) is 16.7. The molecule has 0 aliphatic carbocycles. The molecule has 2 heterocycles. The molecule has 0 spiro atoms. The number of pyridine rings is 1. The molecule has 1 aliphatic heterocycles. The largest absolute Gasteiger partial charge is 0.356 e. The minimum atomic E-state index is -0.376. The second-order valence-corrected chi connectivity index (χ2v) is 4.62. The molecule has 0 atom stereocenters. The van der Waals surface area contributed by atoms with Crippen molar-refractivity contribution in [1.82, 2.24) is 10.3 Å². The number of anilines is 1. The Morgan fingerprint density at radius 2 is 2.28 bits per heavy atom. The molecular formula is C12H18N4O2.